The van der Waals surface area contributed by atoms with Crippen LogP contribution in [0.2, 0.25) is 0 Å². The number of para-hydroxylation sites is 1. The summed E-state index contributed by atoms with van der Waals surface area (Å²) in [4.78, 5) is 12.0. The van der Waals surface area contributed by atoms with E-state index in [-0.39, 0.29) is 17.0 Å². The number of phenols is 1. The molecule has 4 nitrogen and oxygen atoms in total. The van der Waals surface area contributed by atoms with E-state index in [0.717, 1.165) is 6.07 Å². The van der Waals surface area contributed by atoms with E-state index in [0.29, 0.717) is 11.3 Å². The summed E-state index contributed by atoms with van der Waals surface area (Å²) in [6, 6.07) is 8.54. The largest absolute Gasteiger partial charge is 0.507 e. The van der Waals surface area contributed by atoms with E-state index in [1.54, 1.807) is 19.1 Å². The highest BCUT2D eigenvalue weighted by atomic mass is 19.1. The lowest BCUT2D eigenvalue weighted by atomic mass is 10.1. The highest BCUT2D eigenvalue weighted by molar-refractivity contribution is 6.07. The molecule has 0 aliphatic rings. The number of nitrogens with two attached hydrogens (primary N) is 1. The number of amides is 1. The first kappa shape index (κ1) is 12.9. The Kier molecular flexibility index (Phi) is 3.37. The van der Waals surface area contributed by atoms with Gasteiger partial charge in [-0.25, -0.2) is 4.39 Å². The molecule has 19 heavy (non-hydrogen) atoms. The van der Waals surface area contributed by atoms with Gasteiger partial charge in [0.05, 0.1) is 16.9 Å². The van der Waals surface area contributed by atoms with Crippen molar-refractivity contribution in [2.75, 3.05) is 11.1 Å². The summed E-state index contributed by atoms with van der Waals surface area (Å²) in [6.45, 7) is 1.69. The average molecular weight is 260 g/mol. The van der Waals surface area contributed by atoms with E-state index >= 15 is 0 Å². The molecule has 0 spiro atoms. The number of aromatic hydroxyl groups is 1. The number of halogens is 1. The Morgan fingerprint density at radius 3 is 2.74 bits per heavy atom. The summed E-state index contributed by atoms with van der Waals surface area (Å²) in [5.41, 5.74) is 6.76. The maximum atomic E-state index is 12.9. The van der Waals surface area contributed by atoms with E-state index in [1.807, 2.05) is 0 Å². The molecule has 0 bridgehead atoms. The number of phenolic OH excluding ortho intramolecular Hbond substituents is 1. The summed E-state index contributed by atoms with van der Waals surface area (Å²) in [5.74, 6) is -1.06. The minimum Gasteiger partial charge on any atom is -0.507 e. The predicted octanol–water partition coefficient (Wildman–Crippen LogP) is 2.67. The van der Waals surface area contributed by atoms with Gasteiger partial charge in [0.15, 0.2) is 0 Å². The molecule has 2 aromatic carbocycles. The molecule has 4 N–H and O–H groups in total. The number of nitrogen functional groups attached to an aromatic ring is 1. The first-order valence-corrected chi connectivity index (χ1v) is 5.64. The van der Waals surface area contributed by atoms with Crippen molar-refractivity contribution in [2.45, 2.75) is 6.92 Å². The molecule has 0 atom stereocenters. The number of benzene rings is 2. The molecule has 0 saturated carbocycles. The maximum absolute atomic E-state index is 12.9. The van der Waals surface area contributed by atoms with Gasteiger partial charge < -0.3 is 16.2 Å². The van der Waals surface area contributed by atoms with Crippen molar-refractivity contribution in [3.8, 4) is 5.75 Å². The van der Waals surface area contributed by atoms with Gasteiger partial charge in [0.25, 0.3) is 5.91 Å². The molecule has 5 heteroatoms. The summed E-state index contributed by atoms with van der Waals surface area (Å²) >= 11 is 0. The zero-order valence-electron chi connectivity index (χ0n) is 10.3. The maximum Gasteiger partial charge on any atom is 0.259 e. The lowest BCUT2D eigenvalue weighted by molar-refractivity contribution is 0.102. The topological polar surface area (TPSA) is 75.4 Å². The third-order valence-corrected chi connectivity index (χ3v) is 2.74. The van der Waals surface area contributed by atoms with Crippen molar-refractivity contribution < 1.29 is 14.3 Å². The predicted molar refractivity (Wildman–Crippen MR) is 71.6 cm³/mol. The van der Waals surface area contributed by atoms with Crippen molar-refractivity contribution >= 4 is 17.3 Å². The molecule has 0 radical (unpaired) electrons. The second-order valence-electron chi connectivity index (χ2n) is 4.16. The zero-order chi connectivity index (χ0) is 14.0. The third kappa shape index (κ3) is 2.65. The van der Waals surface area contributed by atoms with Gasteiger partial charge in [-0.3, -0.25) is 4.79 Å². The highest BCUT2D eigenvalue weighted by Gasteiger charge is 2.13. The van der Waals surface area contributed by atoms with Gasteiger partial charge in [-0.05, 0) is 36.8 Å². The van der Waals surface area contributed by atoms with Crippen LogP contribution in [-0.2, 0) is 0 Å². The fourth-order valence-corrected chi connectivity index (χ4v) is 1.68. The van der Waals surface area contributed by atoms with Crippen LogP contribution in [0.15, 0.2) is 36.4 Å². The number of aryl methyl sites for hydroxylation is 1. The molecule has 2 rings (SSSR count). The Morgan fingerprint density at radius 1 is 1.32 bits per heavy atom. The Morgan fingerprint density at radius 2 is 2.05 bits per heavy atom. The third-order valence-electron chi connectivity index (χ3n) is 2.74. The van der Waals surface area contributed by atoms with Crippen LogP contribution >= 0.6 is 0 Å². The van der Waals surface area contributed by atoms with Crippen molar-refractivity contribution in [1.29, 1.82) is 0 Å². The van der Waals surface area contributed by atoms with Gasteiger partial charge in [-0.2, -0.15) is 0 Å². The Bertz CT molecular complexity index is 641. The quantitative estimate of drug-likeness (QED) is 0.727. The Balaban J connectivity index is 2.28. The summed E-state index contributed by atoms with van der Waals surface area (Å²) < 4.78 is 12.9. The molecule has 0 aliphatic heterocycles. The average Bonchev–Trinajstić information content (AvgIpc) is 2.36. The number of carbonyl (C=O) groups excluding carboxylic acids is 1. The zero-order valence-corrected chi connectivity index (χ0v) is 10.3. The van der Waals surface area contributed by atoms with Gasteiger partial charge in [0, 0.05) is 0 Å². The molecule has 0 aliphatic carbocycles. The number of hydrogen-bond donors (Lipinski definition) is 3. The normalized spacial score (nSPS) is 10.2. The van der Waals surface area contributed by atoms with Crippen molar-refractivity contribution in [2.24, 2.45) is 0 Å². The SMILES string of the molecule is Cc1cccc(C(=O)Nc2ccc(F)cc2N)c1O. The number of nitrogens with one attached hydrogen (secondary N) is 1. The first-order valence-electron chi connectivity index (χ1n) is 5.64. The van der Waals surface area contributed by atoms with Crippen LogP contribution in [0.1, 0.15) is 15.9 Å². The minimum atomic E-state index is -0.500. The molecule has 0 aromatic heterocycles. The summed E-state index contributed by atoms with van der Waals surface area (Å²) in [6.07, 6.45) is 0. The van der Waals surface area contributed by atoms with Crippen LogP contribution in [0.25, 0.3) is 0 Å². The minimum absolute atomic E-state index is 0.0827. The van der Waals surface area contributed by atoms with Crippen molar-refractivity contribution in [3.05, 3.63) is 53.3 Å². The van der Waals surface area contributed by atoms with E-state index in [4.69, 9.17) is 5.73 Å². The standard InChI is InChI=1S/C14H13FN2O2/c1-8-3-2-4-10(13(8)18)14(19)17-12-6-5-9(15)7-11(12)16/h2-7,18H,16H2,1H3,(H,17,19). The van der Waals surface area contributed by atoms with E-state index in [2.05, 4.69) is 5.32 Å². The fraction of sp³-hybridized carbons (Fsp3) is 0.0714. The Hall–Kier alpha value is -2.56. The second kappa shape index (κ2) is 4.97. The molecule has 0 unspecified atom stereocenters. The first-order chi connectivity index (χ1) is 8.99. The van der Waals surface area contributed by atoms with Crippen LogP contribution in [0.5, 0.6) is 5.75 Å². The number of anilines is 2. The molecule has 2 aromatic rings. The fourth-order valence-electron chi connectivity index (χ4n) is 1.68. The van der Waals surface area contributed by atoms with Crippen LogP contribution in [0, 0.1) is 12.7 Å². The lowest BCUT2D eigenvalue weighted by Gasteiger charge is -2.10. The van der Waals surface area contributed by atoms with Gasteiger partial charge in [0.2, 0.25) is 0 Å². The number of hydrogen-bond acceptors (Lipinski definition) is 3. The van der Waals surface area contributed by atoms with E-state index in [9.17, 15) is 14.3 Å². The molecular formula is C14H13FN2O2. The highest BCUT2D eigenvalue weighted by Crippen LogP contribution is 2.24. The number of carbonyl (C=O) groups is 1. The van der Waals surface area contributed by atoms with Crippen LogP contribution < -0.4 is 11.1 Å². The van der Waals surface area contributed by atoms with E-state index < -0.39 is 11.7 Å². The lowest BCUT2D eigenvalue weighted by Crippen LogP contribution is -2.13. The van der Waals surface area contributed by atoms with Gasteiger partial charge in [-0.1, -0.05) is 12.1 Å². The molecule has 98 valence electrons. The Labute approximate surface area is 109 Å². The van der Waals surface area contributed by atoms with Crippen molar-refractivity contribution in [3.63, 3.8) is 0 Å². The van der Waals surface area contributed by atoms with Crippen LogP contribution in [0.4, 0.5) is 15.8 Å². The summed E-state index contributed by atoms with van der Waals surface area (Å²) in [5, 5.41) is 12.3. The van der Waals surface area contributed by atoms with Gasteiger partial charge in [-0.15, -0.1) is 0 Å². The smallest absolute Gasteiger partial charge is 0.259 e. The molecule has 0 saturated heterocycles. The molecule has 0 fully saturated rings. The van der Waals surface area contributed by atoms with Crippen LogP contribution in [0.3, 0.4) is 0 Å². The molecular weight excluding hydrogens is 247 g/mol. The van der Waals surface area contributed by atoms with Gasteiger partial charge in [0.1, 0.15) is 11.6 Å². The molecule has 1 amide bonds. The summed E-state index contributed by atoms with van der Waals surface area (Å²) in [7, 11) is 0. The van der Waals surface area contributed by atoms with E-state index in [1.165, 1.54) is 18.2 Å². The number of rotatable bonds is 2. The van der Waals surface area contributed by atoms with Gasteiger partial charge >= 0.3 is 0 Å². The molecule has 0 heterocycles. The van der Waals surface area contributed by atoms with Crippen molar-refractivity contribution in [1.82, 2.24) is 0 Å². The monoisotopic (exact) mass is 260 g/mol. The second-order valence-corrected chi connectivity index (χ2v) is 4.16. The van der Waals surface area contributed by atoms with Crippen LogP contribution in [-0.4, -0.2) is 11.0 Å².